The van der Waals surface area contributed by atoms with E-state index >= 15 is 0 Å². The maximum Gasteiger partial charge on any atom is 0.232 e. The molecular weight excluding hydrogens is 246 g/mol. The number of rotatable bonds is 5. The first-order valence-corrected chi connectivity index (χ1v) is 6.86. The highest BCUT2D eigenvalue weighted by molar-refractivity contribution is 5.05. The molecule has 1 aliphatic heterocycles. The summed E-state index contributed by atoms with van der Waals surface area (Å²) in [5.74, 6) is 1.61. The lowest BCUT2D eigenvalue weighted by molar-refractivity contribution is 0.0542. The number of nitrogens with zero attached hydrogens (tertiary/aromatic N) is 2. The summed E-state index contributed by atoms with van der Waals surface area (Å²) in [5, 5.41) is 3.96. The number of ether oxygens (including phenoxy) is 2. The molecule has 1 saturated heterocycles. The van der Waals surface area contributed by atoms with Gasteiger partial charge < -0.3 is 19.7 Å². The van der Waals surface area contributed by atoms with Crippen molar-refractivity contribution in [2.75, 3.05) is 13.2 Å². The Morgan fingerprint density at radius 2 is 2.05 bits per heavy atom. The van der Waals surface area contributed by atoms with Crippen LogP contribution >= 0.6 is 0 Å². The second-order valence-corrected chi connectivity index (χ2v) is 5.19. The molecule has 2 N–H and O–H groups in total. The first kappa shape index (κ1) is 14.4. The van der Waals surface area contributed by atoms with Crippen molar-refractivity contribution in [3.8, 4) is 0 Å². The molecule has 2 heterocycles. The Kier molecular flexibility index (Phi) is 4.54. The molecule has 0 bridgehead atoms. The van der Waals surface area contributed by atoms with Crippen LogP contribution in [0.5, 0.6) is 0 Å². The summed E-state index contributed by atoms with van der Waals surface area (Å²) in [4.78, 5) is 4.42. The van der Waals surface area contributed by atoms with Crippen LogP contribution in [0, 0.1) is 5.92 Å². The van der Waals surface area contributed by atoms with Gasteiger partial charge in [0.05, 0.1) is 30.8 Å². The monoisotopic (exact) mass is 269 g/mol. The molecule has 6 nitrogen and oxygen atoms in total. The molecule has 2 rings (SSSR count). The molecule has 0 aromatic carbocycles. The van der Waals surface area contributed by atoms with E-state index in [1.807, 2.05) is 13.8 Å². The quantitative estimate of drug-likeness (QED) is 0.874. The van der Waals surface area contributed by atoms with Crippen molar-refractivity contribution >= 4 is 0 Å². The lowest BCUT2D eigenvalue weighted by atomic mass is 9.89. The molecule has 1 fully saturated rings. The average Bonchev–Trinajstić information content (AvgIpc) is 2.93. The van der Waals surface area contributed by atoms with Gasteiger partial charge in [-0.3, -0.25) is 0 Å². The first-order chi connectivity index (χ1) is 9.04. The molecule has 1 aliphatic rings. The molecule has 0 radical (unpaired) electrons. The van der Waals surface area contributed by atoms with Gasteiger partial charge in [0.2, 0.25) is 5.89 Å². The van der Waals surface area contributed by atoms with Crippen LogP contribution in [0.3, 0.4) is 0 Å². The highest BCUT2D eigenvalue weighted by atomic mass is 16.5. The first-order valence-electron chi connectivity index (χ1n) is 6.86. The van der Waals surface area contributed by atoms with Gasteiger partial charge in [0.15, 0.2) is 5.82 Å². The summed E-state index contributed by atoms with van der Waals surface area (Å²) >= 11 is 0. The fraction of sp³-hybridized carbons (Fsp3) is 0.846. The lowest BCUT2D eigenvalue weighted by Crippen LogP contribution is -2.19. The normalized spacial score (nSPS) is 32.7. The SMILES string of the molecule is CCOCC(N)c1noc(C2C(C)OC(C)C2C)n1. The van der Waals surface area contributed by atoms with Crippen LogP contribution in [0.4, 0.5) is 0 Å². The van der Waals surface area contributed by atoms with Gasteiger partial charge in [-0.2, -0.15) is 4.98 Å². The highest BCUT2D eigenvalue weighted by Gasteiger charge is 2.41. The molecule has 19 heavy (non-hydrogen) atoms. The lowest BCUT2D eigenvalue weighted by Gasteiger charge is -2.13. The Labute approximate surface area is 113 Å². The molecule has 1 aromatic rings. The van der Waals surface area contributed by atoms with E-state index in [1.54, 1.807) is 0 Å². The van der Waals surface area contributed by atoms with E-state index in [0.29, 0.717) is 30.8 Å². The zero-order chi connectivity index (χ0) is 14.0. The third-order valence-electron chi connectivity index (χ3n) is 3.82. The summed E-state index contributed by atoms with van der Waals surface area (Å²) in [5.41, 5.74) is 5.95. The molecule has 5 unspecified atom stereocenters. The molecule has 5 atom stereocenters. The van der Waals surface area contributed by atoms with Gasteiger partial charge in [0.1, 0.15) is 0 Å². The number of nitrogens with two attached hydrogens (primary N) is 1. The van der Waals surface area contributed by atoms with Crippen LogP contribution in [0.2, 0.25) is 0 Å². The standard InChI is InChI=1S/C13H23N3O3/c1-5-17-6-10(14)12-15-13(19-16-12)11-7(2)8(3)18-9(11)4/h7-11H,5-6,14H2,1-4H3. The highest BCUT2D eigenvalue weighted by Crippen LogP contribution is 2.39. The van der Waals surface area contributed by atoms with Crippen molar-refractivity contribution in [3.05, 3.63) is 11.7 Å². The number of aromatic nitrogens is 2. The zero-order valence-corrected chi connectivity index (χ0v) is 12.0. The van der Waals surface area contributed by atoms with Crippen LogP contribution in [0.15, 0.2) is 4.52 Å². The summed E-state index contributed by atoms with van der Waals surface area (Å²) in [6.07, 6.45) is 0.286. The van der Waals surface area contributed by atoms with Gasteiger partial charge >= 0.3 is 0 Å². The number of hydrogen-bond donors (Lipinski definition) is 1. The molecule has 1 aromatic heterocycles. The van der Waals surface area contributed by atoms with E-state index in [4.69, 9.17) is 19.7 Å². The number of hydrogen-bond acceptors (Lipinski definition) is 6. The van der Waals surface area contributed by atoms with Crippen molar-refractivity contribution in [2.24, 2.45) is 11.7 Å². The topological polar surface area (TPSA) is 83.4 Å². The third-order valence-corrected chi connectivity index (χ3v) is 3.82. The van der Waals surface area contributed by atoms with Gasteiger partial charge in [0, 0.05) is 6.61 Å². The van der Waals surface area contributed by atoms with Crippen LogP contribution in [-0.2, 0) is 9.47 Å². The smallest absolute Gasteiger partial charge is 0.232 e. The third kappa shape index (κ3) is 2.96. The maximum atomic E-state index is 5.95. The van der Waals surface area contributed by atoms with E-state index in [1.165, 1.54) is 0 Å². The van der Waals surface area contributed by atoms with Crippen LogP contribution < -0.4 is 5.73 Å². The molecule has 0 spiro atoms. The summed E-state index contributed by atoms with van der Waals surface area (Å²) in [7, 11) is 0. The molecule has 0 aliphatic carbocycles. The summed E-state index contributed by atoms with van der Waals surface area (Å²) in [6.45, 7) is 9.20. The van der Waals surface area contributed by atoms with E-state index in [-0.39, 0.29) is 24.2 Å². The Balaban J connectivity index is 2.08. The van der Waals surface area contributed by atoms with Crippen molar-refractivity contribution in [2.45, 2.75) is 51.9 Å². The predicted molar refractivity (Wildman–Crippen MR) is 69.6 cm³/mol. The van der Waals surface area contributed by atoms with E-state index in [2.05, 4.69) is 24.0 Å². The summed E-state index contributed by atoms with van der Waals surface area (Å²) in [6, 6.07) is -0.345. The van der Waals surface area contributed by atoms with Gasteiger partial charge in [0.25, 0.3) is 0 Å². The summed E-state index contributed by atoms with van der Waals surface area (Å²) < 4.78 is 16.4. The van der Waals surface area contributed by atoms with Crippen LogP contribution in [-0.4, -0.2) is 35.6 Å². The maximum absolute atomic E-state index is 5.95. The van der Waals surface area contributed by atoms with Crippen molar-refractivity contribution in [1.29, 1.82) is 0 Å². The average molecular weight is 269 g/mol. The minimum Gasteiger partial charge on any atom is -0.380 e. The molecule has 6 heteroatoms. The zero-order valence-electron chi connectivity index (χ0n) is 12.0. The van der Waals surface area contributed by atoms with Crippen molar-refractivity contribution in [1.82, 2.24) is 10.1 Å². The fourth-order valence-electron chi connectivity index (χ4n) is 2.54. The minimum absolute atomic E-state index is 0.0846. The predicted octanol–water partition coefficient (Wildman–Crippen LogP) is 1.63. The van der Waals surface area contributed by atoms with Gasteiger partial charge in [-0.15, -0.1) is 0 Å². The van der Waals surface area contributed by atoms with Crippen LogP contribution in [0.25, 0.3) is 0 Å². The van der Waals surface area contributed by atoms with Gasteiger partial charge in [-0.25, -0.2) is 0 Å². The molecular formula is C13H23N3O3. The Morgan fingerprint density at radius 3 is 2.63 bits per heavy atom. The van der Waals surface area contributed by atoms with Crippen molar-refractivity contribution < 1.29 is 14.0 Å². The van der Waals surface area contributed by atoms with E-state index < -0.39 is 0 Å². The van der Waals surface area contributed by atoms with Gasteiger partial charge in [-0.05, 0) is 26.7 Å². The molecule has 0 saturated carbocycles. The second-order valence-electron chi connectivity index (χ2n) is 5.19. The Morgan fingerprint density at radius 1 is 1.32 bits per heavy atom. The van der Waals surface area contributed by atoms with Crippen LogP contribution in [0.1, 0.15) is 51.4 Å². The fourth-order valence-corrected chi connectivity index (χ4v) is 2.54. The van der Waals surface area contributed by atoms with Gasteiger partial charge in [-0.1, -0.05) is 12.1 Å². The van der Waals surface area contributed by atoms with E-state index in [9.17, 15) is 0 Å². The van der Waals surface area contributed by atoms with Crippen molar-refractivity contribution in [3.63, 3.8) is 0 Å². The minimum atomic E-state index is -0.345. The largest absolute Gasteiger partial charge is 0.380 e. The Bertz CT molecular complexity index is 410. The second kappa shape index (κ2) is 5.98. The molecule has 108 valence electrons. The molecule has 0 amide bonds. The van der Waals surface area contributed by atoms with E-state index in [0.717, 1.165) is 0 Å². The Hall–Kier alpha value is -0.980.